The van der Waals surface area contributed by atoms with Crippen molar-refractivity contribution in [2.24, 2.45) is 0 Å². The number of carbonyl (C=O) groups is 1. The highest BCUT2D eigenvalue weighted by molar-refractivity contribution is 7.20. The molecule has 2 heterocycles. The van der Waals surface area contributed by atoms with Crippen molar-refractivity contribution in [2.75, 3.05) is 10.6 Å². The van der Waals surface area contributed by atoms with E-state index in [0.29, 0.717) is 25.2 Å². The van der Waals surface area contributed by atoms with Crippen molar-refractivity contribution in [3.05, 3.63) is 50.1 Å². The molecule has 0 aliphatic heterocycles. The third-order valence-electron chi connectivity index (χ3n) is 2.72. The fourth-order valence-corrected chi connectivity index (χ4v) is 3.94. The molecular weight excluding hydrogens is 397 g/mol. The zero-order valence-electron chi connectivity index (χ0n) is 11.3. The summed E-state index contributed by atoms with van der Waals surface area (Å²) in [4.78, 5) is 17.1. The molecule has 1 aromatic carbocycles. The Morgan fingerprint density at radius 1 is 1.09 bits per heavy atom. The highest BCUT2D eigenvalue weighted by Crippen LogP contribution is 2.38. The van der Waals surface area contributed by atoms with Gasteiger partial charge in [0.1, 0.15) is 4.34 Å². The molecule has 0 unspecified atom stereocenters. The number of nitrogens with zero attached hydrogens (tertiary/aromatic N) is 1. The lowest BCUT2D eigenvalue weighted by Gasteiger charge is -2.05. The van der Waals surface area contributed by atoms with Crippen LogP contribution in [0.1, 0.15) is 0 Å². The zero-order valence-corrected chi connectivity index (χ0v) is 15.2. The number of aromatic nitrogens is 1. The maximum Gasteiger partial charge on any atom is 0.325 e. The maximum atomic E-state index is 11.9. The van der Waals surface area contributed by atoms with Gasteiger partial charge >= 0.3 is 6.03 Å². The van der Waals surface area contributed by atoms with Gasteiger partial charge in [-0.1, -0.05) is 34.8 Å². The van der Waals surface area contributed by atoms with Crippen LogP contribution in [0, 0.1) is 0 Å². The Kier molecular flexibility index (Phi) is 5.08. The predicted molar refractivity (Wildman–Crippen MR) is 99.5 cm³/mol. The average Bonchev–Trinajstić information content (AvgIpc) is 3.09. The fourth-order valence-electron chi connectivity index (χ4n) is 1.71. The van der Waals surface area contributed by atoms with Crippen molar-refractivity contribution in [3.8, 4) is 10.6 Å². The molecule has 0 radical (unpaired) electrons. The molecule has 4 nitrogen and oxygen atoms in total. The first-order chi connectivity index (χ1) is 11.0. The number of amides is 2. The van der Waals surface area contributed by atoms with Crippen LogP contribution >= 0.6 is 57.5 Å². The summed E-state index contributed by atoms with van der Waals surface area (Å²) in [5.74, 6) is 0. The molecule has 118 valence electrons. The van der Waals surface area contributed by atoms with Crippen LogP contribution in [-0.4, -0.2) is 11.0 Å². The van der Waals surface area contributed by atoms with Gasteiger partial charge in [-0.25, -0.2) is 9.78 Å². The minimum atomic E-state index is -0.379. The van der Waals surface area contributed by atoms with Crippen molar-refractivity contribution >= 4 is 74.3 Å². The fraction of sp³-hybridized carbons (Fsp3) is 0. The van der Waals surface area contributed by atoms with E-state index < -0.39 is 0 Å². The lowest BCUT2D eigenvalue weighted by molar-refractivity contribution is 0.262. The quantitative estimate of drug-likeness (QED) is 0.525. The molecule has 0 fully saturated rings. The number of halogens is 3. The van der Waals surface area contributed by atoms with Crippen LogP contribution in [0.2, 0.25) is 14.4 Å². The number of thiophene rings is 1. The maximum absolute atomic E-state index is 11.9. The lowest BCUT2D eigenvalue weighted by Crippen LogP contribution is -2.19. The molecule has 2 amide bonds. The number of benzene rings is 1. The van der Waals surface area contributed by atoms with Gasteiger partial charge in [-0.05, 0) is 30.3 Å². The Morgan fingerprint density at radius 2 is 1.83 bits per heavy atom. The Labute approximate surface area is 155 Å². The summed E-state index contributed by atoms with van der Waals surface area (Å²) >= 11 is 20.3. The van der Waals surface area contributed by atoms with Crippen molar-refractivity contribution in [1.29, 1.82) is 0 Å². The normalized spacial score (nSPS) is 10.6. The standard InChI is InChI=1S/C14H8Cl3N3OS2/c15-7-1-3-8(4-2-7)18-13(21)20-14-19-10(6-22-14)11-5-9(16)12(17)23-11/h1-6H,(H2,18,19,20,21). The predicted octanol–water partition coefficient (Wildman–Crippen LogP) is 6.48. The zero-order chi connectivity index (χ0) is 16.4. The first-order valence-corrected chi connectivity index (χ1v) is 9.08. The molecule has 0 spiro atoms. The summed E-state index contributed by atoms with van der Waals surface area (Å²) in [6.07, 6.45) is 0. The minimum absolute atomic E-state index is 0.379. The second-order valence-corrected chi connectivity index (χ2v) is 7.71. The van der Waals surface area contributed by atoms with E-state index in [1.54, 1.807) is 30.3 Å². The van der Waals surface area contributed by atoms with Crippen LogP contribution in [-0.2, 0) is 0 Å². The largest absolute Gasteiger partial charge is 0.325 e. The molecule has 9 heteroatoms. The van der Waals surface area contributed by atoms with Crippen LogP contribution in [0.3, 0.4) is 0 Å². The van der Waals surface area contributed by atoms with E-state index >= 15 is 0 Å². The van der Waals surface area contributed by atoms with Gasteiger partial charge in [-0.3, -0.25) is 5.32 Å². The second kappa shape index (κ2) is 7.07. The van der Waals surface area contributed by atoms with Crippen LogP contribution < -0.4 is 10.6 Å². The molecule has 0 aliphatic carbocycles. The molecule has 0 atom stereocenters. The highest BCUT2D eigenvalue weighted by atomic mass is 35.5. The van der Waals surface area contributed by atoms with Gasteiger partial charge in [-0.15, -0.1) is 22.7 Å². The molecule has 2 N–H and O–H groups in total. The number of anilines is 2. The summed E-state index contributed by atoms with van der Waals surface area (Å²) < 4.78 is 0.518. The van der Waals surface area contributed by atoms with E-state index in [0.717, 1.165) is 10.6 Å². The van der Waals surface area contributed by atoms with E-state index in [9.17, 15) is 4.79 Å². The van der Waals surface area contributed by atoms with E-state index in [4.69, 9.17) is 34.8 Å². The number of nitrogens with one attached hydrogen (secondary N) is 2. The molecule has 23 heavy (non-hydrogen) atoms. The van der Waals surface area contributed by atoms with Crippen LogP contribution in [0.15, 0.2) is 35.7 Å². The Balaban J connectivity index is 1.66. The summed E-state index contributed by atoms with van der Waals surface area (Å²) in [5.41, 5.74) is 1.36. The summed E-state index contributed by atoms with van der Waals surface area (Å²) in [6, 6.07) is 8.19. The molecule has 0 bridgehead atoms. The van der Waals surface area contributed by atoms with Gasteiger partial charge in [0.05, 0.1) is 15.6 Å². The third kappa shape index (κ3) is 4.16. The van der Waals surface area contributed by atoms with Gasteiger partial charge in [-0.2, -0.15) is 0 Å². The Hall–Kier alpha value is -1.31. The number of hydrogen-bond donors (Lipinski definition) is 2. The third-order valence-corrected chi connectivity index (χ3v) is 5.62. The van der Waals surface area contributed by atoms with Gasteiger partial charge in [0.2, 0.25) is 0 Å². The van der Waals surface area contributed by atoms with Gasteiger partial charge in [0.15, 0.2) is 5.13 Å². The first kappa shape index (κ1) is 16.5. The van der Waals surface area contributed by atoms with E-state index in [1.165, 1.54) is 22.7 Å². The monoisotopic (exact) mass is 403 g/mol. The molecule has 0 saturated carbocycles. The number of urea groups is 1. The van der Waals surface area contributed by atoms with Crippen molar-refractivity contribution < 1.29 is 4.79 Å². The Bertz CT molecular complexity index is 826. The summed E-state index contributed by atoms with van der Waals surface area (Å²) in [6.45, 7) is 0. The average molecular weight is 405 g/mol. The van der Waals surface area contributed by atoms with Crippen molar-refractivity contribution in [1.82, 2.24) is 4.98 Å². The molecule has 2 aromatic heterocycles. The first-order valence-electron chi connectivity index (χ1n) is 6.25. The van der Waals surface area contributed by atoms with Crippen LogP contribution in [0.25, 0.3) is 10.6 Å². The molecular formula is C14H8Cl3N3OS2. The summed E-state index contributed by atoms with van der Waals surface area (Å²) in [7, 11) is 0. The molecule has 3 aromatic rings. The molecule has 0 aliphatic rings. The number of carbonyl (C=O) groups excluding carboxylic acids is 1. The smallest absolute Gasteiger partial charge is 0.308 e. The summed E-state index contributed by atoms with van der Waals surface area (Å²) in [5, 5.41) is 8.79. The second-order valence-electron chi connectivity index (χ2n) is 4.36. The van der Waals surface area contributed by atoms with Crippen LogP contribution in [0.4, 0.5) is 15.6 Å². The molecule has 0 saturated heterocycles. The number of hydrogen-bond acceptors (Lipinski definition) is 4. The topological polar surface area (TPSA) is 54.0 Å². The van der Waals surface area contributed by atoms with Gasteiger partial charge < -0.3 is 5.32 Å². The van der Waals surface area contributed by atoms with Crippen LogP contribution in [0.5, 0.6) is 0 Å². The number of thiazole rings is 1. The van der Waals surface area contributed by atoms with Crippen molar-refractivity contribution in [2.45, 2.75) is 0 Å². The highest BCUT2D eigenvalue weighted by Gasteiger charge is 2.12. The lowest BCUT2D eigenvalue weighted by atomic mass is 10.3. The van der Waals surface area contributed by atoms with E-state index in [-0.39, 0.29) is 6.03 Å². The van der Waals surface area contributed by atoms with Gasteiger partial charge in [0.25, 0.3) is 0 Å². The van der Waals surface area contributed by atoms with E-state index in [1.807, 2.05) is 5.38 Å². The number of rotatable bonds is 3. The minimum Gasteiger partial charge on any atom is -0.308 e. The van der Waals surface area contributed by atoms with Crippen molar-refractivity contribution in [3.63, 3.8) is 0 Å². The SMILES string of the molecule is O=C(Nc1ccc(Cl)cc1)Nc1nc(-c2cc(Cl)c(Cl)s2)cs1. The molecule has 3 rings (SSSR count). The van der Waals surface area contributed by atoms with Gasteiger partial charge in [0, 0.05) is 16.1 Å². The Morgan fingerprint density at radius 3 is 2.48 bits per heavy atom. The van der Waals surface area contributed by atoms with E-state index in [2.05, 4.69) is 15.6 Å².